The first kappa shape index (κ1) is 23.7. The summed E-state index contributed by atoms with van der Waals surface area (Å²) in [6, 6.07) is 12.2. The quantitative estimate of drug-likeness (QED) is 0.385. The Morgan fingerprint density at radius 1 is 1.03 bits per heavy atom. The number of hydrogen-bond acceptors (Lipinski definition) is 7. The lowest BCUT2D eigenvalue weighted by Gasteiger charge is -2.22. The number of hydrogen-bond donors (Lipinski definition) is 1. The number of methoxy groups -OCH3 is 1. The standard InChI is InChI=1S/C22H26N2O7/c1-22(2,3)31-21(26)23-19(20(25)29-4)13-15-7-11-18(12-8-15)30-14-16-5-9-17(10-6-16)24(27)28/h5-12,19H,13-14H2,1-4H3,(H,23,26). The Morgan fingerprint density at radius 3 is 2.13 bits per heavy atom. The van der Waals surface area contributed by atoms with Crippen LogP contribution >= 0.6 is 0 Å². The zero-order valence-electron chi connectivity index (χ0n) is 17.9. The molecule has 0 aliphatic heterocycles. The van der Waals surface area contributed by atoms with Crippen molar-refractivity contribution in [3.63, 3.8) is 0 Å². The zero-order valence-corrected chi connectivity index (χ0v) is 17.9. The topological polar surface area (TPSA) is 117 Å². The van der Waals surface area contributed by atoms with Gasteiger partial charge in [-0.3, -0.25) is 10.1 Å². The van der Waals surface area contributed by atoms with E-state index in [1.165, 1.54) is 19.2 Å². The van der Waals surface area contributed by atoms with Crippen molar-refractivity contribution >= 4 is 17.7 Å². The Morgan fingerprint density at radius 2 is 1.61 bits per heavy atom. The van der Waals surface area contributed by atoms with E-state index in [1.807, 2.05) is 0 Å². The molecule has 0 aromatic heterocycles. The Hall–Kier alpha value is -3.62. The van der Waals surface area contributed by atoms with Gasteiger partial charge in [0, 0.05) is 18.6 Å². The van der Waals surface area contributed by atoms with Crippen LogP contribution in [-0.4, -0.2) is 35.7 Å². The molecule has 0 saturated carbocycles. The molecule has 0 heterocycles. The first-order chi connectivity index (χ1) is 14.6. The highest BCUT2D eigenvalue weighted by Gasteiger charge is 2.25. The lowest BCUT2D eigenvalue weighted by atomic mass is 10.1. The maximum atomic E-state index is 12.1. The number of ether oxygens (including phenoxy) is 3. The molecule has 31 heavy (non-hydrogen) atoms. The minimum absolute atomic E-state index is 0.0215. The SMILES string of the molecule is COC(=O)C(Cc1ccc(OCc2ccc([N+](=O)[O-])cc2)cc1)NC(=O)OC(C)(C)C. The van der Waals surface area contributed by atoms with Crippen molar-refractivity contribution in [2.24, 2.45) is 0 Å². The fourth-order valence-electron chi connectivity index (χ4n) is 2.62. The van der Waals surface area contributed by atoms with Crippen LogP contribution in [0.2, 0.25) is 0 Å². The van der Waals surface area contributed by atoms with Crippen LogP contribution < -0.4 is 10.1 Å². The smallest absolute Gasteiger partial charge is 0.408 e. The first-order valence-corrected chi connectivity index (χ1v) is 9.60. The lowest BCUT2D eigenvalue weighted by molar-refractivity contribution is -0.384. The summed E-state index contributed by atoms with van der Waals surface area (Å²) >= 11 is 0. The average molecular weight is 430 g/mol. The van der Waals surface area contributed by atoms with Crippen LogP contribution in [0.25, 0.3) is 0 Å². The van der Waals surface area contributed by atoms with Crippen LogP contribution in [0.3, 0.4) is 0 Å². The number of esters is 1. The molecule has 1 amide bonds. The summed E-state index contributed by atoms with van der Waals surface area (Å²) in [5.74, 6) is 0.0150. The molecule has 2 aromatic carbocycles. The Kier molecular flexibility index (Phi) is 7.95. The number of nitrogens with one attached hydrogen (secondary N) is 1. The van der Waals surface area contributed by atoms with E-state index in [2.05, 4.69) is 5.32 Å². The van der Waals surface area contributed by atoms with Gasteiger partial charge in [0.25, 0.3) is 5.69 Å². The highest BCUT2D eigenvalue weighted by molar-refractivity contribution is 5.81. The van der Waals surface area contributed by atoms with E-state index in [0.29, 0.717) is 5.75 Å². The van der Waals surface area contributed by atoms with E-state index in [-0.39, 0.29) is 18.7 Å². The molecular formula is C22H26N2O7. The minimum atomic E-state index is -0.897. The maximum Gasteiger partial charge on any atom is 0.408 e. The number of nitro groups is 1. The molecule has 9 nitrogen and oxygen atoms in total. The third-order valence-electron chi connectivity index (χ3n) is 4.09. The second-order valence-corrected chi connectivity index (χ2v) is 7.78. The van der Waals surface area contributed by atoms with Crippen molar-refractivity contribution in [2.75, 3.05) is 7.11 Å². The molecule has 1 N–H and O–H groups in total. The highest BCUT2D eigenvalue weighted by atomic mass is 16.6. The maximum absolute atomic E-state index is 12.1. The molecule has 0 fully saturated rings. The third kappa shape index (κ3) is 7.96. The van der Waals surface area contributed by atoms with Gasteiger partial charge >= 0.3 is 12.1 Å². The number of nitro benzene ring substituents is 1. The second kappa shape index (κ2) is 10.4. The molecule has 0 saturated heterocycles. The summed E-state index contributed by atoms with van der Waals surface area (Å²) in [5, 5.41) is 13.2. The Labute approximate surface area is 180 Å². The van der Waals surface area contributed by atoms with Gasteiger partial charge in [0.15, 0.2) is 0 Å². The van der Waals surface area contributed by atoms with Crippen LogP contribution in [0.15, 0.2) is 48.5 Å². The molecule has 0 aliphatic carbocycles. The van der Waals surface area contributed by atoms with E-state index in [1.54, 1.807) is 57.2 Å². The summed E-state index contributed by atoms with van der Waals surface area (Å²) in [5.41, 5.74) is 0.914. The summed E-state index contributed by atoms with van der Waals surface area (Å²) in [7, 11) is 1.25. The Balaban J connectivity index is 1.95. The molecule has 2 aromatic rings. The van der Waals surface area contributed by atoms with Crippen molar-refractivity contribution in [1.82, 2.24) is 5.32 Å². The Bertz CT molecular complexity index is 903. The third-order valence-corrected chi connectivity index (χ3v) is 4.09. The van der Waals surface area contributed by atoms with Gasteiger partial charge < -0.3 is 19.5 Å². The van der Waals surface area contributed by atoms with Gasteiger partial charge in [-0.1, -0.05) is 12.1 Å². The van der Waals surface area contributed by atoms with Crippen molar-refractivity contribution < 1.29 is 28.7 Å². The predicted molar refractivity (Wildman–Crippen MR) is 113 cm³/mol. The van der Waals surface area contributed by atoms with E-state index < -0.39 is 28.6 Å². The number of rotatable bonds is 8. The molecule has 1 atom stereocenters. The highest BCUT2D eigenvalue weighted by Crippen LogP contribution is 2.17. The zero-order chi connectivity index (χ0) is 23.0. The van der Waals surface area contributed by atoms with E-state index in [9.17, 15) is 19.7 Å². The molecule has 1 unspecified atom stereocenters. The predicted octanol–water partition coefficient (Wildman–Crippen LogP) is 3.78. The van der Waals surface area contributed by atoms with Crippen LogP contribution in [0.5, 0.6) is 5.75 Å². The van der Waals surface area contributed by atoms with Crippen LogP contribution in [-0.2, 0) is 27.3 Å². The van der Waals surface area contributed by atoms with Crippen molar-refractivity contribution in [2.45, 2.75) is 45.4 Å². The fourth-order valence-corrected chi connectivity index (χ4v) is 2.62. The minimum Gasteiger partial charge on any atom is -0.489 e. The van der Waals surface area contributed by atoms with Gasteiger partial charge in [-0.15, -0.1) is 0 Å². The van der Waals surface area contributed by atoms with Gasteiger partial charge in [-0.05, 0) is 56.2 Å². The van der Waals surface area contributed by atoms with Gasteiger partial charge in [-0.25, -0.2) is 9.59 Å². The molecule has 9 heteroatoms. The van der Waals surface area contributed by atoms with Crippen molar-refractivity contribution in [3.8, 4) is 5.75 Å². The summed E-state index contributed by atoms with van der Waals surface area (Å²) < 4.78 is 15.7. The van der Waals surface area contributed by atoms with Crippen molar-refractivity contribution in [1.29, 1.82) is 0 Å². The fraction of sp³-hybridized carbons (Fsp3) is 0.364. The molecule has 0 bridgehead atoms. The van der Waals surface area contributed by atoms with Gasteiger partial charge in [0.05, 0.1) is 12.0 Å². The number of benzene rings is 2. The van der Waals surface area contributed by atoms with Crippen LogP contribution in [0.4, 0.5) is 10.5 Å². The number of carbonyl (C=O) groups excluding carboxylic acids is 2. The normalized spacial score (nSPS) is 11.9. The van der Waals surface area contributed by atoms with Gasteiger partial charge in [0.2, 0.25) is 0 Å². The largest absolute Gasteiger partial charge is 0.489 e. The molecular weight excluding hydrogens is 404 g/mol. The number of alkyl carbamates (subject to hydrolysis) is 1. The molecule has 2 rings (SSSR count). The summed E-state index contributed by atoms with van der Waals surface area (Å²) in [6.45, 7) is 5.45. The van der Waals surface area contributed by atoms with Gasteiger partial charge in [0.1, 0.15) is 24.0 Å². The lowest BCUT2D eigenvalue weighted by Crippen LogP contribution is -2.45. The van der Waals surface area contributed by atoms with Crippen LogP contribution in [0.1, 0.15) is 31.9 Å². The first-order valence-electron chi connectivity index (χ1n) is 9.60. The summed E-state index contributed by atoms with van der Waals surface area (Å²) in [4.78, 5) is 34.3. The van der Waals surface area contributed by atoms with Crippen LogP contribution in [0, 0.1) is 10.1 Å². The van der Waals surface area contributed by atoms with Crippen molar-refractivity contribution in [3.05, 3.63) is 69.8 Å². The molecule has 0 spiro atoms. The molecule has 0 radical (unpaired) electrons. The second-order valence-electron chi connectivity index (χ2n) is 7.78. The van der Waals surface area contributed by atoms with Gasteiger partial charge in [-0.2, -0.15) is 0 Å². The molecule has 166 valence electrons. The number of nitrogens with zero attached hydrogens (tertiary/aromatic N) is 1. The van der Waals surface area contributed by atoms with E-state index in [0.717, 1.165) is 11.1 Å². The average Bonchev–Trinajstić information content (AvgIpc) is 2.71. The monoisotopic (exact) mass is 430 g/mol. The van der Waals surface area contributed by atoms with E-state index >= 15 is 0 Å². The number of amides is 1. The molecule has 0 aliphatic rings. The van der Waals surface area contributed by atoms with E-state index in [4.69, 9.17) is 14.2 Å². The number of non-ortho nitro benzene ring substituents is 1. The number of carbonyl (C=O) groups is 2. The summed E-state index contributed by atoms with van der Waals surface area (Å²) in [6.07, 6.45) is -0.486.